The van der Waals surface area contributed by atoms with Gasteiger partial charge in [0.05, 0.1) is 16.6 Å². The highest BCUT2D eigenvalue weighted by molar-refractivity contribution is 14.1. The molecule has 1 heterocycles. The van der Waals surface area contributed by atoms with Crippen molar-refractivity contribution in [3.05, 3.63) is 20.9 Å². The molecule has 0 radical (unpaired) electrons. The number of rotatable bonds is 5. The summed E-state index contributed by atoms with van der Waals surface area (Å²) in [6, 6.07) is 0. The molecule has 0 spiro atoms. The SMILES string of the molecule is CCOC(=O)Cc1cnc(OC(F)(F)F)c(I)c1CN. The maximum atomic E-state index is 12.2. The van der Waals surface area contributed by atoms with Gasteiger partial charge in [0.15, 0.2) is 0 Å². The Morgan fingerprint density at radius 3 is 2.65 bits per heavy atom. The van der Waals surface area contributed by atoms with Crippen molar-refractivity contribution in [1.82, 2.24) is 4.98 Å². The average molecular weight is 404 g/mol. The minimum atomic E-state index is -4.83. The molecule has 0 aliphatic rings. The Kier molecular flexibility index (Phi) is 5.99. The van der Waals surface area contributed by atoms with E-state index >= 15 is 0 Å². The van der Waals surface area contributed by atoms with Crippen molar-refractivity contribution >= 4 is 28.6 Å². The maximum absolute atomic E-state index is 12.2. The number of hydrogen-bond donors (Lipinski definition) is 1. The van der Waals surface area contributed by atoms with Gasteiger partial charge >= 0.3 is 12.3 Å². The summed E-state index contributed by atoms with van der Waals surface area (Å²) in [4.78, 5) is 15.0. The minimum absolute atomic E-state index is 0.0379. The molecule has 9 heteroatoms. The van der Waals surface area contributed by atoms with Gasteiger partial charge in [-0.1, -0.05) is 0 Å². The van der Waals surface area contributed by atoms with E-state index in [4.69, 9.17) is 10.5 Å². The zero-order valence-electron chi connectivity index (χ0n) is 10.5. The van der Waals surface area contributed by atoms with E-state index in [9.17, 15) is 18.0 Å². The Morgan fingerprint density at radius 1 is 1.50 bits per heavy atom. The summed E-state index contributed by atoms with van der Waals surface area (Å²) in [7, 11) is 0. The Bertz CT molecular complexity index is 495. The van der Waals surface area contributed by atoms with Crippen LogP contribution in [0.25, 0.3) is 0 Å². The van der Waals surface area contributed by atoms with Crippen LogP contribution in [-0.2, 0) is 22.5 Å². The molecule has 112 valence electrons. The van der Waals surface area contributed by atoms with Crippen molar-refractivity contribution in [3.63, 3.8) is 0 Å². The van der Waals surface area contributed by atoms with E-state index in [-0.39, 0.29) is 23.1 Å². The van der Waals surface area contributed by atoms with Crippen LogP contribution in [0.1, 0.15) is 18.1 Å². The van der Waals surface area contributed by atoms with Gasteiger partial charge in [-0.15, -0.1) is 13.2 Å². The van der Waals surface area contributed by atoms with Gasteiger partial charge in [0.1, 0.15) is 0 Å². The average Bonchev–Trinajstić information content (AvgIpc) is 2.32. The summed E-state index contributed by atoms with van der Waals surface area (Å²) in [5.41, 5.74) is 6.32. The molecule has 0 fully saturated rings. The molecule has 0 aliphatic heterocycles. The molecule has 0 aliphatic carbocycles. The zero-order chi connectivity index (χ0) is 15.3. The number of ether oxygens (including phenoxy) is 2. The molecule has 1 aromatic rings. The number of aromatic nitrogens is 1. The van der Waals surface area contributed by atoms with Crippen molar-refractivity contribution < 1.29 is 27.4 Å². The lowest BCUT2D eigenvalue weighted by atomic mass is 10.1. The smallest absolute Gasteiger partial charge is 0.466 e. The number of pyridine rings is 1. The van der Waals surface area contributed by atoms with Crippen LogP contribution in [0.5, 0.6) is 5.88 Å². The summed E-state index contributed by atoms with van der Waals surface area (Å²) in [6.45, 7) is 1.84. The largest absolute Gasteiger partial charge is 0.574 e. The minimum Gasteiger partial charge on any atom is -0.466 e. The second-order valence-electron chi connectivity index (χ2n) is 3.61. The van der Waals surface area contributed by atoms with Crippen LogP contribution in [0.3, 0.4) is 0 Å². The molecular formula is C11H12F3IN2O3. The first-order chi connectivity index (χ1) is 9.28. The molecule has 20 heavy (non-hydrogen) atoms. The molecule has 0 aromatic carbocycles. The molecule has 2 N–H and O–H groups in total. The highest BCUT2D eigenvalue weighted by atomic mass is 127. The van der Waals surface area contributed by atoms with E-state index in [1.807, 2.05) is 0 Å². The fraction of sp³-hybridized carbons (Fsp3) is 0.455. The lowest BCUT2D eigenvalue weighted by Gasteiger charge is -2.14. The maximum Gasteiger partial charge on any atom is 0.574 e. The van der Waals surface area contributed by atoms with Gasteiger partial charge in [-0.3, -0.25) is 4.79 Å². The standard InChI is InChI=1S/C11H12F3IN2O3/c1-2-19-8(18)3-6-5-17-10(20-11(12,13)14)9(15)7(6)4-16/h5H,2-4,16H2,1H3. The second kappa shape index (κ2) is 7.07. The summed E-state index contributed by atoms with van der Waals surface area (Å²) >= 11 is 1.66. The molecule has 0 atom stereocenters. The van der Waals surface area contributed by atoms with E-state index in [2.05, 4.69) is 9.72 Å². The van der Waals surface area contributed by atoms with E-state index in [1.165, 1.54) is 0 Å². The van der Waals surface area contributed by atoms with Crippen molar-refractivity contribution in [2.24, 2.45) is 5.73 Å². The lowest BCUT2D eigenvalue weighted by Crippen LogP contribution is -2.20. The van der Waals surface area contributed by atoms with Gasteiger partial charge in [0.2, 0.25) is 5.88 Å². The third kappa shape index (κ3) is 4.78. The van der Waals surface area contributed by atoms with Gasteiger partial charge in [-0.25, -0.2) is 4.98 Å². The third-order valence-electron chi connectivity index (χ3n) is 2.23. The van der Waals surface area contributed by atoms with Crippen LogP contribution >= 0.6 is 22.6 Å². The van der Waals surface area contributed by atoms with Gasteiger partial charge < -0.3 is 15.2 Å². The topological polar surface area (TPSA) is 74.4 Å². The number of carbonyl (C=O) groups excluding carboxylic acids is 1. The van der Waals surface area contributed by atoms with Crippen LogP contribution in [0.4, 0.5) is 13.2 Å². The van der Waals surface area contributed by atoms with Crippen molar-refractivity contribution in [2.75, 3.05) is 6.61 Å². The van der Waals surface area contributed by atoms with E-state index in [1.54, 1.807) is 29.5 Å². The van der Waals surface area contributed by atoms with Crippen LogP contribution in [0, 0.1) is 3.57 Å². The Balaban J connectivity index is 3.05. The number of nitrogens with zero attached hydrogens (tertiary/aromatic N) is 1. The number of esters is 1. The fourth-order valence-electron chi connectivity index (χ4n) is 1.46. The van der Waals surface area contributed by atoms with Gasteiger partial charge in [0.25, 0.3) is 0 Å². The van der Waals surface area contributed by atoms with Crippen LogP contribution in [0.15, 0.2) is 6.20 Å². The lowest BCUT2D eigenvalue weighted by molar-refractivity contribution is -0.276. The fourth-order valence-corrected chi connectivity index (χ4v) is 2.28. The molecule has 0 saturated heterocycles. The van der Waals surface area contributed by atoms with E-state index < -0.39 is 18.2 Å². The molecule has 0 bridgehead atoms. The highest BCUT2D eigenvalue weighted by Gasteiger charge is 2.33. The van der Waals surface area contributed by atoms with Crippen molar-refractivity contribution in [3.8, 4) is 5.88 Å². The van der Waals surface area contributed by atoms with E-state index in [0.717, 1.165) is 6.20 Å². The first-order valence-electron chi connectivity index (χ1n) is 5.56. The van der Waals surface area contributed by atoms with Crippen LogP contribution < -0.4 is 10.5 Å². The number of alkyl halides is 3. The number of halogens is 4. The van der Waals surface area contributed by atoms with Gasteiger partial charge in [-0.2, -0.15) is 0 Å². The van der Waals surface area contributed by atoms with Crippen LogP contribution in [-0.4, -0.2) is 23.9 Å². The number of carbonyl (C=O) groups is 1. The monoisotopic (exact) mass is 404 g/mol. The summed E-state index contributed by atoms with van der Waals surface area (Å²) in [5.74, 6) is -1.07. The Labute approximate surface area is 126 Å². The molecule has 0 saturated carbocycles. The van der Waals surface area contributed by atoms with Gasteiger partial charge in [0, 0.05) is 12.7 Å². The predicted octanol–water partition coefficient (Wildman–Crippen LogP) is 2.15. The molecule has 0 amide bonds. The Morgan fingerprint density at radius 2 is 2.15 bits per heavy atom. The van der Waals surface area contributed by atoms with Crippen LogP contribution in [0.2, 0.25) is 0 Å². The normalized spacial score (nSPS) is 11.3. The summed E-state index contributed by atoms with van der Waals surface area (Å²) in [6.07, 6.45) is -3.79. The molecule has 1 aromatic heterocycles. The number of hydrogen-bond acceptors (Lipinski definition) is 5. The first kappa shape index (κ1) is 17.0. The third-order valence-corrected chi connectivity index (χ3v) is 3.35. The van der Waals surface area contributed by atoms with Gasteiger partial charge in [-0.05, 0) is 40.6 Å². The second-order valence-corrected chi connectivity index (χ2v) is 4.69. The molecule has 1 rings (SSSR count). The quantitative estimate of drug-likeness (QED) is 0.602. The van der Waals surface area contributed by atoms with Crippen molar-refractivity contribution in [1.29, 1.82) is 0 Å². The zero-order valence-corrected chi connectivity index (χ0v) is 12.6. The Hall–Kier alpha value is -1.10. The van der Waals surface area contributed by atoms with Crippen molar-refractivity contribution in [2.45, 2.75) is 26.3 Å². The molecular weight excluding hydrogens is 392 g/mol. The summed E-state index contributed by atoms with van der Waals surface area (Å²) < 4.78 is 45.3. The summed E-state index contributed by atoms with van der Waals surface area (Å²) in [5, 5.41) is 0. The van der Waals surface area contributed by atoms with E-state index in [0.29, 0.717) is 11.1 Å². The first-order valence-corrected chi connectivity index (χ1v) is 6.64. The molecule has 5 nitrogen and oxygen atoms in total. The molecule has 0 unspecified atom stereocenters. The number of nitrogens with two attached hydrogens (primary N) is 1. The predicted molar refractivity (Wildman–Crippen MR) is 71.9 cm³/mol. The highest BCUT2D eigenvalue weighted by Crippen LogP contribution is 2.29.